The van der Waals surface area contributed by atoms with E-state index in [0.717, 1.165) is 6.07 Å². The summed E-state index contributed by atoms with van der Waals surface area (Å²) in [5.74, 6) is -0.164. The lowest BCUT2D eigenvalue weighted by molar-refractivity contribution is -0.137. The van der Waals surface area contributed by atoms with Gasteiger partial charge in [-0.2, -0.15) is 13.2 Å². The number of alkyl halides is 3. The predicted octanol–water partition coefficient (Wildman–Crippen LogP) is 5.91. The van der Waals surface area contributed by atoms with Gasteiger partial charge in [0, 0.05) is 18.9 Å². The summed E-state index contributed by atoms with van der Waals surface area (Å²) < 4.78 is 54.7. The van der Waals surface area contributed by atoms with Crippen LogP contribution in [0.15, 0.2) is 60.9 Å². The van der Waals surface area contributed by atoms with Gasteiger partial charge in [0.1, 0.15) is 11.5 Å². The van der Waals surface area contributed by atoms with E-state index in [1.165, 1.54) is 18.2 Å². The van der Waals surface area contributed by atoms with Crippen molar-refractivity contribution >= 4 is 11.6 Å². The Balaban J connectivity index is 1.66. The quantitative estimate of drug-likeness (QED) is 0.397. The van der Waals surface area contributed by atoms with Gasteiger partial charge in [-0.15, -0.1) is 0 Å². The Bertz CT molecular complexity index is 1120. The lowest BCUT2D eigenvalue weighted by atomic mass is 10.1. The van der Waals surface area contributed by atoms with E-state index in [1.807, 2.05) is 0 Å². The van der Waals surface area contributed by atoms with E-state index < -0.39 is 17.6 Å². The van der Waals surface area contributed by atoms with Gasteiger partial charge >= 0.3 is 6.18 Å². The molecule has 0 radical (unpaired) electrons. The molecule has 0 aliphatic carbocycles. The molecule has 0 spiro atoms. The maximum atomic E-state index is 13.9. The third kappa shape index (κ3) is 3.57. The van der Waals surface area contributed by atoms with Gasteiger partial charge in [0.2, 0.25) is 0 Å². The number of benzene rings is 2. The van der Waals surface area contributed by atoms with Crippen LogP contribution in [0.1, 0.15) is 11.1 Å². The van der Waals surface area contributed by atoms with Gasteiger partial charge in [-0.1, -0.05) is 29.8 Å². The maximum Gasteiger partial charge on any atom is 0.417 e. The minimum absolute atomic E-state index is 0.193. The topological polar surface area (TPSA) is 30.7 Å². The zero-order valence-electron chi connectivity index (χ0n) is 14.2. The fraction of sp³-hybridized carbons (Fsp3) is 0.100. The molecule has 0 atom stereocenters. The Hall–Kier alpha value is -2.93. The molecule has 0 unspecified atom stereocenters. The first-order chi connectivity index (χ1) is 13.3. The van der Waals surface area contributed by atoms with Gasteiger partial charge in [0.05, 0.1) is 21.8 Å². The van der Waals surface area contributed by atoms with Crippen LogP contribution in [0.25, 0.3) is 22.8 Å². The Kier molecular flexibility index (Phi) is 4.55. The molecular weight excluding hydrogens is 394 g/mol. The highest BCUT2D eigenvalue weighted by molar-refractivity contribution is 6.31. The smallest absolute Gasteiger partial charge is 0.348 e. The van der Waals surface area contributed by atoms with Crippen LogP contribution in [-0.4, -0.2) is 14.5 Å². The average molecular weight is 406 g/mol. The van der Waals surface area contributed by atoms with Gasteiger partial charge in [0.15, 0.2) is 5.82 Å². The van der Waals surface area contributed by atoms with Crippen LogP contribution < -0.4 is 0 Å². The van der Waals surface area contributed by atoms with Crippen molar-refractivity contribution in [2.75, 3.05) is 0 Å². The molecule has 0 fully saturated rings. The van der Waals surface area contributed by atoms with Gasteiger partial charge in [-0.25, -0.2) is 14.4 Å². The van der Waals surface area contributed by atoms with Gasteiger partial charge < -0.3 is 4.57 Å². The number of aromatic nitrogens is 3. The third-order valence-corrected chi connectivity index (χ3v) is 4.57. The van der Waals surface area contributed by atoms with Crippen molar-refractivity contribution < 1.29 is 17.6 Å². The lowest BCUT2D eigenvalue weighted by Crippen LogP contribution is -2.08. The highest BCUT2D eigenvalue weighted by atomic mass is 35.5. The number of imidazole rings is 1. The largest absolute Gasteiger partial charge is 0.417 e. The lowest BCUT2D eigenvalue weighted by Gasteiger charge is -2.12. The SMILES string of the molecule is Fc1ccccc1-c1nc2ccn(Cc3ccc(Cl)c(C(F)(F)F)c3)cc-2n1. The summed E-state index contributed by atoms with van der Waals surface area (Å²) in [6, 6.07) is 11.7. The van der Waals surface area contributed by atoms with Crippen LogP contribution in [0.3, 0.4) is 0 Å². The summed E-state index contributed by atoms with van der Waals surface area (Å²) in [5, 5.41) is -0.340. The molecule has 0 bridgehead atoms. The Labute approximate surface area is 162 Å². The monoisotopic (exact) mass is 405 g/mol. The predicted molar refractivity (Wildman–Crippen MR) is 97.6 cm³/mol. The zero-order valence-corrected chi connectivity index (χ0v) is 15.0. The number of pyridine rings is 1. The molecule has 2 aromatic carbocycles. The number of hydrogen-bond donors (Lipinski definition) is 0. The van der Waals surface area contributed by atoms with Crippen LogP contribution in [0.2, 0.25) is 5.02 Å². The van der Waals surface area contributed by atoms with Crippen molar-refractivity contribution in [2.45, 2.75) is 12.7 Å². The summed E-state index contributed by atoms with van der Waals surface area (Å²) in [6.07, 6.45) is -1.17. The van der Waals surface area contributed by atoms with Crippen molar-refractivity contribution in [2.24, 2.45) is 0 Å². The van der Waals surface area contributed by atoms with E-state index in [9.17, 15) is 17.6 Å². The number of nitrogens with zero attached hydrogens (tertiary/aromatic N) is 3. The van der Waals surface area contributed by atoms with Crippen molar-refractivity contribution in [3.63, 3.8) is 0 Å². The molecule has 28 heavy (non-hydrogen) atoms. The number of rotatable bonds is 3. The highest BCUT2D eigenvalue weighted by Crippen LogP contribution is 2.35. The van der Waals surface area contributed by atoms with Crippen LogP contribution in [0.4, 0.5) is 17.6 Å². The van der Waals surface area contributed by atoms with E-state index in [0.29, 0.717) is 17.0 Å². The molecule has 2 aliphatic heterocycles. The van der Waals surface area contributed by atoms with E-state index >= 15 is 0 Å². The molecule has 0 aromatic heterocycles. The summed E-state index contributed by atoms with van der Waals surface area (Å²) in [7, 11) is 0. The Morgan fingerprint density at radius 1 is 0.964 bits per heavy atom. The minimum Gasteiger partial charge on any atom is -0.348 e. The molecule has 0 amide bonds. The summed E-state index contributed by atoms with van der Waals surface area (Å²) >= 11 is 5.66. The second-order valence-corrected chi connectivity index (χ2v) is 6.63. The van der Waals surface area contributed by atoms with Crippen LogP contribution >= 0.6 is 11.6 Å². The van der Waals surface area contributed by atoms with Crippen molar-refractivity contribution in [3.8, 4) is 22.8 Å². The Morgan fingerprint density at radius 2 is 1.71 bits per heavy atom. The summed E-state index contributed by atoms with van der Waals surface area (Å²) in [6.45, 7) is 0.193. The van der Waals surface area contributed by atoms with E-state index in [-0.39, 0.29) is 23.0 Å². The fourth-order valence-corrected chi connectivity index (χ4v) is 3.14. The molecule has 3 nitrogen and oxygen atoms in total. The molecule has 2 aliphatic rings. The molecule has 8 heteroatoms. The molecule has 2 heterocycles. The first kappa shape index (κ1) is 18.4. The van der Waals surface area contributed by atoms with E-state index in [4.69, 9.17) is 11.6 Å². The molecule has 4 rings (SSSR count). The molecule has 0 saturated heterocycles. The second kappa shape index (κ2) is 6.91. The van der Waals surface area contributed by atoms with Crippen molar-refractivity contribution in [1.82, 2.24) is 14.5 Å². The normalized spacial score (nSPS) is 11.9. The molecule has 142 valence electrons. The fourth-order valence-electron chi connectivity index (χ4n) is 2.91. The number of fused-ring (bicyclic) bond motifs is 1. The molecule has 2 aromatic rings. The first-order valence-corrected chi connectivity index (χ1v) is 8.63. The van der Waals surface area contributed by atoms with Crippen molar-refractivity contribution in [3.05, 3.63) is 82.9 Å². The summed E-state index contributed by atoms with van der Waals surface area (Å²) in [4.78, 5) is 8.66. The van der Waals surface area contributed by atoms with Gasteiger partial charge in [-0.3, -0.25) is 0 Å². The average Bonchev–Trinajstić information content (AvgIpc) is 3.06. The van der Waals surface area contributed by atoms with E-state index in [1.54, 1.807) is 41.2 Å². The van der Waals surface area contributed by atoms with Crippen LogP contribution in [0.5, 0.6) is 0 Å². The second-order valence-electron chi connectivity index (χ2n) is 6.23. The van der Waals surface area contributed by atoms with Crippen LogP contribution in [0, 0.1) is 5.82 Å². The minimum atomic E-state index is -4.52. The van der Waals surface area contributed by atoms with E-state index in [2.05, 4.69) is 9.97 Å². The van der Waals surface area contributed by atoms with Crippen molar-refractivity contribution in [1.29, 1.82) is 0 Å². The van der Waals surface area contributed by atoms with Crippen LogP contribution in [-0.2, 0) is 12.7 Å². The zero-order chi connectivity index (χ0) is 19.9. The summed E-state index contributed by atoms with van der Waals surface area (Å²) in [5.41, 5.74) is 0.948. The first-order valence-electron chi connectivity index (χ1n) is 8.25. The number of halogens is 5. The Morgan fingerprint density at radius 3 is 2.46 bits per heavy atom. The third-order valence-electron chi connectivity index (χ3n) is 4.24. The highest BCUT2D eigenvalue weighted by Gasteiger charge is 2.33. The molecule has 0 saturated carbocycles. The molecular formula is C20H12ClF4N3. The van der Waals surface area contributed by atoms with Gasteiger partial charge in [-0.05, 0) is 35.9 Å². The van der Waals surface area contributed by atoms with Gasteiger partial charge in [0.25, 0.3) is 0 Å². The molecule has 0 N–H and O–H groups in total. The standard InChI is InChI=1S/C20H12ClF4N3/c21-15-6-5-12(9-14(15)20(23,24)25)10-28-8-7-17-18(11-28)27-19(26-17)13-3-1-2-4-16(13)22/h1-9,11H,10H2. The number of hydrogen-bond acceptors (Lipinski definition) is 2. The maximum absolute atomic E-state index is 13.9.